The van der Waals surface area contributed by atoms with Crippen LogP contribution in [0.15, 0.2) is 24.5 Å². The Bertz CT molecular complexity index is 597. The number of likely N-dealkylation sites (N-methyl/N-ethyl adjacent to an activating group) is 1. The number of methoxy groups -OCH3 is 1. The minimum absolute atomic E-state index is 0.0150. The summed E-state index contributed by atoms with van der Waals surface area (Å²) in [4.78, 5) is 4.32. The van der Waals surface area contributed by atoms with E-state index in [1.165, 1.54) is 13.2 Å². The van der Waals surface area contributed by atoms with Crippen molar-refractivity contribution in [1.29, 1.82) is 0 Å². The summed E-state index contributed by atoms with van der Waals surface area (Å²) in [7, 11) is 3.34. The van der Waals surface area contributed by atoms with Crippen molar-refractivity contribution in [2.45, 2.75) is 32.4 Å². The number of nitrogens with zero attached hydrogens (tertiary/aromatic N) is 3. The molecular formula is C15H21FN4O. The second kappa shape index (κ2) is 6.67. The Hall–Kier alpha value is -1.95. The van der Waals surface area contributed by atoms with E-state index < -0.39 is 0 Å². The summed E-state index contributed by atoms with van der Waals surface area (Å²) in [5.41, 5.74) is 0.953. The highest BCUT2D eigenvalue weighted by atomic mass is 19.1. The van der Waals surface area contributed by atoms with Gasteiger partial charge in [-0.1, -0.05) is 6.07 Å². The molecule has 0 aliphatic carbocycles. The van der Waals surface area contributed by atoms with Crippen LogP contribution in [-0.4, -0.2) is 28.9 Å². The Labute approximate surface area is 124 Å². The molecule has 5 nitrogen and oxygen atoms in total. The van der Waals surface area contributed by atoms with Crippen LogP contribution in [-0.2, 0) is 6.42 Å². The summed E-state index contributed by atoms with van der Waals surface area (Å²) in [6.45, 7) is 4.13. The van der Waals surface area contributed by atoms with Gasteiger partial charge in [0.15, 0.2) is 11.6 Å². The van der Waals surface area contributed by atoms with Crippen molar-refractivity contribution < 1.29 is 9.13 Å². The fourth-order valence-corrected chi connectivity index (χ4v) is 2.31. The van der Waals surface area contributed by atoms with Crippen LogP contribution in [0.4, 0.5) is 4.39 Å². The van der Waals surface area contributed by atoms with Gasteiger partial charge in [-0.05, 0) is 38.6 Å². The maximum absolute atomic E-state index is 13.5. The first-order valence-electron chi connectivity index (χ1n) is 6.96. The van der Waals surface area contributed by atoms with Gasteiger partial charge in [0.2, 0.25) is 0 Å². The lowest BCUT2D eigenvalue weighted by Crippen LogP contribution is -2.21. The molecule has 0 fully saturated rings. The highest BCUT2D eigenvalue weighted by Crippen LogP contribution is 2.24. The summed E-state index contributed by atoms with van der Waals surface area (Å²) in [6, 6.07) is 5.16. The van der Waals surface area contributed by atoms with Crippen LogP contribution in [0, 0.1) is 5.82 Å². The number of nitrogens with one attached hydrogen (secondary N) is 1. The Morgan fingerprint density at radius 2 is 2.14 bits per heavy atom. The molecule has 0 bridgehead atoms. The van der Waals surface area contributed by atoms with Crippen molar-refractivity contribution in [3.05, 3.63) is 41.7 Å². The molecule has 2 rings (SSSR count). The summed E-state index contributed by atoms with van der Waals surface area (Å²) in [5, 5.41) is 7.47. The summed E-state index contributed by atoms with van der Waals surface area (Å²) >= 11 is 0. The summed E-state index contributed by atoms with van der Waals surface area (Å²) in [5.74, 6) is 0.784. The second-order valence-electron chi connectivity index (χ2n) is 5.15. The predicted molar refractivity (Wildman–Crippen MR) is 78.9 cm³/mol. The van der Waals surface area contributed by atoms with Crippen molar-refractivity contribution in [2.75, 3.05) is 14.2 Å². The van der Waals surface area contributed by atoms with E-state index in [1.807, 2.05) is 11.7 Å². The first-order valence-corrected chi connectivity index (χ1v) is 6.96. The van der Waals surface area contributed by atoms with Gasteiger partial charge >= 0.3 is 0 Å². The number of halogens is 1. The lowest BCUT2D eigenvalue weighted by Gasteiger charge is -2.18. The van der Waals surface area contributed by atoms with E-state index >= 15 is 0 Å². The number of benzene rings is 1. The first kappa shape index (κ1) is 15.4. The topological polar surface area (TPSA) is 52.0 Å². The molecule has 0 spiro atoms. The van der Waals surface area contributed by atoms with Crippen LogP contribution < -0.4 is 10.1 Å². The molecule has 0 saturated carbocycles. The van der Waals surface area contributed by atoms with Gasteiger partial charge in [-0.25, -0.2) is 14.1 Å². The summed E-state index contributed by atoms with van der Waals surface area (Å²) < 4.78 is 20.4. The molecule has 1 atom stereocenters. The van der Waals surface area contributed by atoms with E-state index in [2.05, 4.69) is 29.2 Å². The van der Waals surface area contributed by atoms with E-state index in [9.17, 15) is 4.39 Å². The van der Waals surface area contributed by atoms with Gasteiger partial charge in [0.05, 0.1) is 7.11 Å². The van der Waals surface area contributed by atoms with Crippen molar-refractivity contribution in [3.8, 4) is 5.75 Å². The lowest BCUT2D eigenvalue weighted by atomic mass is 10.0. The quantitative estimate of drug-likeness (QED) is 0.889. The average molecular weight is 292 g/mol. The fraction of sp³-hybridized carbons (Fsp3) is 0.467. The van der Waals surface area contributed by atoms with Crippen molar-refractivity contribution in [2.24, 2.45) is 0 Å². The minimum Gasteiger partial charge on any atom is -0.494 e. The van der Waals surface area contributed by atoms with Gasteiger partial charge in [-0.2, -0.15) is 5.10 Å². The van der Waals surface area contributed by atoms with Crippen molar-refractivity contribution in [1.82, 2.24) is 20.1 Å². The van der Waals surface area contributed by atoms with E-state index in [4.69, 9.17) is 4.74 Å². The molecule has 0 aliphatic rings. The third kappa shape index (κ3) is 3.39. The molecule has 0 aliphatic heterocycles. The zero-order valence-electron chi connectivity index (χ0n) is 12.8. The molecule has 1 aromatic carbocycles. The van der Waals surface area contributed by atoms with E-state index in [-0.39, 0.29) is 23.7 Å². The molecule has 0 radical (unpaired) electrons. The molecule has 1 aromatic heterocycles. The fourth-order valence-electron chi connectivity index (χ4n) is 2.31. The molecule has 114 valence electrons. The second-order valence-corrected chi connectivity index (χ2v) is 5.15. The number of hydrogen-bond acceptors (Lipinski definition) is 4. The zero-order chi connectivity index (χ0) is 15.4. The number of rotatable bonds is 6. The lowest BCUT2D eigenvalue weighted by molar-refractivity contribution is 0.384. The van der Waals surface area contributed by atoms with Gasteiger partial charge in [0.1, 0.15) is 12.2 Å². The maximum Gasteiger partial charge on any atom is 0.165 e. The monoisotopic (exact) mass is 292 g/mol. The van der Waals surface area contributed by atoms with Crippen LogP contribution in [0.25, 0.3) is 0 Å². The highest BCUT2D eigenvalue weighted by molar-refractivity contribution is 5.32. The van der Waals surface area contributed by atoms with Crippen LogP contribution in [0.5, 0.6) is 5.75 Å². The van der Waals surface area contributed by atoms with Crippen LogP contribution in [0.3, 0.4) is 0 Å². The third-order valence-corrected chi connectivity index (χ3v) is 3.45. The van der Waals surface area contributed by atoms with E-state index in [0.29, 0.717) is 6.42 Å². The Kier molecular flexibility index (Phi) is 4.90. The Morgan fingerprint density at radius 1 is 1.38 bits per heavy atom. The molecule has 2 aromatic rings. The number of ether oxygens (including phenoxy) is 1. The van der Waals surface area contributed by atoms with Gasteiger partial charge in [0, 0.05) is 18.5 Å². The maximum atomic E-state index is 13.5. The van der Waals surface area contributed by atoms with Gasteiger partial charge in [-0.15, -0.1) is 0 Å². The van der Waals surface area contributed by atoms with Crippen LogP contribution in [0.1, 0.15) is 37.3 Å². The average Bonchev–Trinajstić information content (AvgIpc) is 2.94. The predicted octanol–water partition coefficient (Wildman–Crippen LogP) is 2.51. The number of aromatic nitrogens is 3. The molecule has 1 heterocycles. The zero-order valence-corrected chi connectivity index (χ0v) is 12.8. The third-order valence-electron chi connectivity index (χ3n) is 3.45. The van der Waals surface area contributed by atoms with Gasteiger partial charge in [-0.3, -0.25) is 0 Å². The Balaban J connectivity index is 2.25. The largest absolute Gasteiger partial charge is 0.494 e. The highest BCUT2D eigenvalue weighted by Gasteiger charge is 2.17. The van der Waals surface area contributed by atoms with Gasteiger partial charge in [0.25, 0.3) is 0 Å². The minimum atomic E-state index is -0.360. The molecule has 1 N–H and O–H groups in total. The van der Waals surface area contributed by atoms with E-state index in [0.717, 1.165) is 11.4 Å². The van der Waals surface area contributed by atoms with Crippen molar-refractivity contribution >= 4 is 0 Å². The SMILES string of the molecule is CNC(Cc1ncnn1C(C)C)c1ccc(F)c(OC)c1. The molecule has 6 heteroatoms. The van der Waals surface area contributed by atoms with E-state index in [1.54, 1.807) is 18.5 Å². The van der Waals surface area contributed by atoms with Gasteiger partial charge < -0.3 is 10.1 Å². The van der Waals surface area contributed by atoms with Crippen LogP contribution >= 0.6 is 0 Å². The number of hydrogen-bond donors (Lipinski definition) is 1. The standard InChI is InChI=1S/C15H21FN4O/c1-10(2)20-15(18-9-19-20)8-13(17-3)11-5-6-12(16)14(7-11)21-4/h5-7,9-10,13,17H,8H2,1-4H3. The normalized spacial score (nSPS) is 12.7. The molecular weight excluding hydrogens is 271 g/mol. The molecule has 0 saturated heterocycles. The smallest absolute Gasteiger partial charge is 0.165 e. The summed E-state index contributed by atoms with van der Waals surface area (Å²) in [6.07, 6.45) is 2.23. The van der Waals surface area contributed by atoms with Crippen molar-refractivity contribution in [3.63, 3.8) is 0 Å². The molecule has 21 heavy (non-hydrogen) atoms. The first-order chi connectivity index (χ1) is 10.1. The molecule has 0 amide bonds. The Morgan fingerprint density at radius 3 is 2.76 bits per heavy atom. The molecule has 1 unspecified atom stereocenters. The van der Waals surface area contributed by atoms with Crippen LogP contribution in [0.2, 0.25) is 0 Å².